The Morgan fingerprint density at radius 3 is 2.71 bits per heavy atom. The minimum Gasteiger partial charge on any atom is -0.478 e. The Kier molecular flexibility index (Phi) is 3.93. The fourth-order valence-electron chi connectivity index (χ4n) is 1.95. The van der Waals surface area contributed by atoms with Crippen LogP contribution in [0.2, 0.25) is 0 Å². The van der Waals surface area contributed by atoms with Crippen molar-refractivity contribution in [1.82, 2.24) is 0 Å². The van der Waals surface area contributed by atoms with Gasteiger partial charge in [0.15, 0.2) is 0 Å². The second kappa shape index (κ2) is 5.66. The van der Waals surface area contributed by atoms with Crippen molar-refractivity contribution in [3.63, 3.8) is 0 Å². The molecular formula is C14H13FN2O4. The van der Waals surface area contributed by atoms with Gasteiger partial charge >= 0.3 is 5.97 Å². The molecular weight excluding hydrogens is 279 g/mol. The van der Waals surface area contributed by atoms with Gasteiger partial charge in [-0.3, -0.25) is 4.79 Å². The highest BCUT2D eigenvalue weighted by atomic mass is 19.1. The summed E-state index contributed by atoms with van der Waals surface area (Å²) in [5.41, 5.74) is 5.15. The van der Waals surface area contributed by atoms with Crippen molar-refractivity contribution in [2.45, 2.75) is 13.5 Å². The van der Waals surface area contributed by atoms with E-state index in [2.05, 4.69) is 5.32 Å². The molecule has 0 aliphatic carbocycles. The molecule has 0 bridgehead atoms. The third-order valence-corrected chi connectivity index (χ3v) is 2.91. The summed E-state index contributed by atoms with van der Waals surface area (Å²) in [5.74, 6) is -2.09. The largest absolute Gasteiger partial charge is 0.478 e. The number of amides is 1. The van der Waals surface area contributed by atoms with Gasteiger partial charge in [-0.25, -0.2) is 9.18 Å². The fraction of sp³-hybridized carbons (Fsp3) is 0.143. The molecule has 7 heteroatoms. The number of furan rings is 1. The normalized spacial score (nSPS) is 10.4. The third-order valence-electron chi connectivity index (χ3n) is 2.91. The molecule has 1 amide bonds. The van der Waals surface area contributed by atoms with Crippen molar-refractivity contribution >= 4 is 17.6 Å². The van der Waals surface area contributed by atoms with Crippen LogP contribution in [-0.2, 0) is 6.54 Å². The smallest absolute Gasteiger partial charge is 0.339 e. The molecule has 0 aliphatic heterocycles. The van der Waals surface area contributed by atoms with Gasteiger partial charge in [0.2, 0.25) is 0 Å². The van der Waals surface area contributed by atoms with Crippen LogP contribution < -0.4 is 11.1 Å². The number of benzene rings is 1. The Morgan fingerprint density at radius 1 is 1.43 bits per heavy atom. The minimum absolute atomic E-state index is 0.0566. The Labute approximate surface area is 119 Å². The molecule has 1 aromatic heterocycles. The molecule has 21 heavy (non-hydrogen) atoms. The van der Waals surface area contributed by atoms with E-state index >= 15 is 0 Å². The summed E-state index contributed by atoms with van der Waals surface area (Å²) in [6, 6.07) is 5.43. The van der Waals surface area contributed by atoms with E-state index in [0.29, 0.717) is 5.76 Å². The van der Waals surface area contributed by atoms with Crippen LogP contribution in [0.25, 0.3) is 0 Å². The number of carbonyl (C=O) groups excluding carboxylic acids is 1. The molecule has 2 rings (SSSR count). The first-order valence-electron chi connectivity index (χ1n) is 6.05. The van der Waals surface area contributed by atoms with Crippen LogP contribution in [0.4, 0.5) is 10.1 Å². The predicted molar refractivity (Wildman–Crippen MR) is 72.6 cm³/mol. The number of halogens is 1. The second-order valence-corrected chi connectivity index (χ2v) is 4.37. The number of aryl methyl sites for hydroxylation is 1. The standard InChI is InChI=1S/C14H13FN2O4/c1-7-9(14(19)20)5-8(21-7)6-17-11-4-2-3-10(15)12(11)13(16)18/h2-5,17H,6H2,1H3,(H2,16,18)(H,19,20). The summed E-state index contributed by atoms with van der Waals surface area (Å²) < 4.78 is 18.8. The van der Waals surface area contributed by atoms with E-state index in [9.17, 15) is 14.0 Å². The highest BCUT2D eigenvalue weighted by molar-refractivity contribution is 5.98. The summed E-state index contributed by atoms with van der Waals surface area (Å²) in [5, 5.41) is 11.7. The zero-order chi connectivity index (χ0) is 15.6. The van der Waals surface area contributed by atoms with Crippen LogP contribution in [-0.4, -0.2) is 17.0 Å². The Bertz CT molecular complexity index is 709. The van der Waals surface area contributed by atoms with Gasteiger partial charge in [-0.1, -0.05) is 6.07 Å². The van der Waals surface area contributed by atoms with Gasteiger partial charge in [-0.2, -0.15) is 0 Å². The first kappa shape index (κ1) is 14.6. The fourth-order valence-corrected chi connectivity index (χ4v) is 1.95. The van der Waals surface area contributed by atoms with Crippen LogP contribution >= 0.6 is 0 Å². The molecule has 2 aromatic rings. The molecule has 0 saturated carbocycles. The Hall–Kier alpha value is -2.83. The van der Waals surface area contributed by atoms with Crippen molar-refractivity contribution in [3.8, 4) is 0 Å². The number of carbonyl (C=O) groups is 2. The lowest BCUT2D eigenvalue weighted by Crippen LogP contribution is -2.16. The zero-order valence-electron chi connectivity index (χ0n) is 11.1. The van der Waals surface area contributed by atoms with Gasteiger partial charge in [-0.15, -0.1) is 0 Å². The van der Waals surface area contributed by atoms with Gasteiger partial charge < -0.3 is 20.6 Å². The number of nitrogens with one attached hydrogen (secondary N) is 1. The van der Waals surface area contributed by atoms with E-state index in [0.717, 1.165) is 6.07 Å². The molecule has 4 N–H and O–H groups in total. The first-order valence-corrected chi connectivity index (χ1v) is 6.05. The lowest BCUT2D eigenvalue weighted by Gasteiger charge is -2.09. The molecule has 0 unspecified atom stereocenters. The lowest BCUT2D eigenvalue weighted by molar-refractivity contribution is 0.0694. The summed E-state index contributed by atoms with van der Waals surface area (Å²) >= 11 is 0. The van der Waals surface area contributed by atoms with Gasteiger partial charge in [0, 0.05) is 0 Å². The average Bonchev–Trinajstić information content (AvgIpc) is 2.77. The van der Waals surface area contributed by atoms with Crippen molar-refractivity contribution < 1.29 is 23.5 Å². The monoisotopic (exact) mass is 292 g/mol. The van der Waals surface area contributed by atoms with Crippen molar-refractivity contribution in [3.05, 3.63) is 52.7 Å². The van der Waals surface area contributed by atoms with Crippen LogP contribution in [0.5, 0.6) is 0 Å². The maximum atomic E-state index is 13.6. The summed E-state index contributed by atoms with van der Waals surface area (Å²) in [6.45, 7) is 1.63. The van der Waals surface area contributed by atoms with Gasteiger partial charge in [0.25, 0.3) is 5.91 Å². The zero-order valence-corrected chi connectivity index (χ0v) is 11.1. The van der Waals surface area contributed by atoms with E-state index in [1.54, 1.807) is 0 Å². The van der Waals surface area contributed by atoms with E-state index in [1.807, 2.05) is 0 Å². The quantitative estimate of drug-likeness (QED) is 0.783. The lowest BCUT2D eigenvalue weighted by atomic mass is 10.1. The molecule has 0 aliphatic rings. The molecule has 110 valence electrons. The van der Waals surface area contributed by atoms with E-state index in [4.69, 9.17) is 15.3 Å². The number of nitrogens with two attached hydrogens (primary N) is 1. The molecule has 0 spiro atoms. The third kappa shape index (κ3) is 3.02. The first-order chi connectivity index (χ1) is 9.90. The maximum Gasteiger partial charge on any atom is 0.339 e. The highest BCUT2D eigenvalue weighted by Crippen LogP contribution is 2.21. The Balaban J connectivity index is 2.21. The summed E-state index contributed by atoms with van der Waals surface area (Å²) in [7, 11) is 0. The molecule has 1 heterocycles. The van der Waals surface area contributed by atoms with E-state index in [-0.39, 0.29) is 29.1 Å². The number of carboxylic acid groups (broad SMARTS) is 1. The molecule has 6 nitrogen and oxygen atoms in total. The van der Waals surface area contributed by atoms with E-state index in [1.165, 1.54) is 25.1 Å². The van der Waals surface area contributed by atoms with Crippen LogP contribution in [0, 0.1) is 12.7 Å². The van der Waals surface area contributed by atoms with Crippen molar-refractivity contribution in [1.29, 1.82) is 0 Å². The number of hydrogen-bond donors (Lipinski definition) is 3. The number of rotatable bonds is 5. The maximum absolute atomic E-state index is 13.6. The molecule has 0 atom stereocenters. The van der Waals surface area contributed by atoms with Gasteiger partial charge in [-0.05, 0) is 25.1 Å². The van der Waals surface area contributed by atoms with Gasteiger partial charge in [0.1, 0.15) is 22.9 Å². The average molecular weight is 292 g/mol. The number of aromatic carboxylic acids is 1. The highest BCUT2D eigenvalue weighted by Gasteiger charge is 2.16. The molecule has 0 fully saturated rings. The topological polar surface area (TPSA) is 106 Å². The Morgan fingerprint density at radius 2 is 2.14 bits per heavy atom. The number of carboxylic acids is 1. The molecule has 1 aromatic carbocycles. The minimum atomic E-state index is -1.09. The van der Waals surface area contributed by atoms with Crippen molar-refractivity contribution in [2.24, 2.45) is 5.73 Å². The van der Waals surface area contributed by atoms with Crippen LogP contribution in [0.3, 0.4) is 0 Å². The second-order valence-electron chi connectivity index (χ2n) is 4.37. The van der Waals surface area contributed by atoms with Crippen molar-refractivity contribution in [2.75, 3.05) is 5.32 Å². The van der Waals surface area contributed by atoms with E-state index < -0.39 is 17.7 Å². The summed E-state index contributed by atoms with van der Waals surface area (Å²) in [4.78, 5) is 22.1. The number of anilines is 1. The molecule has 0 saturated heterocycles. The molecule has 0 radical (unpaired) electrons. The van der Waals surface area contributed by atoms with Gasteiger partial charge in [0.05, 0.1) is 17.8 Å². The predicted octanol–water partition coefficient (Wildman–Crippen LogP) is 2.14. The van der Waals surface area contributed by atoms with Crippen LogP contribution in [0.1, 0.15) is 32.2 Å². The van der Waals surface area contributed by atoms with Crippen LogP contribution in [0.15, 0.2) is 28.7 Å². The SMILES string of the molecule is Cc1oc(CNc2cccc(F)c2C(N)=O)cc1C(=O)O. The number of primary amides is 1. The summed E-state index contributed by atoms with van der Waals surface area (Å²) in [6.07, 6.45) is 0. The number of hydrogen-bond acceptors (Lipinski definition) is 4.